The van der Waals surface area contributed by atoms with Crippen LogP contribution in [0.15, 0.2) is 6.07 Å². The summed E-state index contributed by atoms with van der Waals surface area (Å²) in [5.41, 5.74) is 5.01. The van der Waals surface area contributed by atoms with Crippen LogP contribution in [0.1, 0.15) is 41.7 Å². The van der Waals surface area contributed by atoms with Gasteiger partial charge in [0.15, 0.2) is 0 Å². The Kier molecular flexibility index (Phi) is 3.41. The number of hydrogen-bond donors (Lipinski definition) is 2. The van der Waals surface area contributed by atoms with Crippen LogP contribution in [0.25, 0.3) is 0 Å². The van der Waals surface area contributed by atoms with Gasteiger partial charge in [-0.25, -0.2) is 0 Å². The van der Waals surface area contributed by atoms with Crippen molar-refractivity contribution in [1.82, 2.24) is 0 Å². The molecule has 2 nitrogen and oxygen atoms in total. The largest absolute Gasteiger partial charge is 0.507 e. The van der Waals surface area contributed by atoms with E-state index >= 15 is 0 Å². The highest BCUT2D eigenvalue weighted by Crippen LogP contribution is 2.46. The molecule has 0 fully saturated rings. The first-order valence-corrected chi connectivity index (χ1v) is 8.58. The molecule has 1 N–H and O–H groups in total. The Morgan fingerprint density at radius 3 is 2.78 bits per heavy atom. The quantitative estimate of drug-likeness (QED) is 0.638. The molecule has 3 rings (SSSR count). The smallest absolute Gasteiger partial charge is 0.125 e. The lowest BCUT2D eigenvalue weighted by Gasteiger charge is -2.38. The first kappa shape index (κ1) is 12.5. The van der Waals surface area contributed by atoms with E-state index in [-0.39, 0.29) is 5.25 Å². The number of anilines is 1. The molecule has 0 saturated carbocycles. The molecule has 0 spiro atoms. The molecule has 1 atom stereocenters. The average molecular weight is 281 g/mol. The van der Waals surface area contributed by atoms with Gasteiger partial charge in [-0.15, -0.1) is 11.7 Å². The van der Waals surface area contributed by atoms with Crippen molar-refractivity contribution in [1.29, 1.82) is 0 Å². The van der Waals surface area contributed by atoms with Crippen LogP contribution in [-0.2, 0) is 12.8 Å². The van der Waals surface area contributed by atoms with Gasteiger partial charge in [-0.05, 0) is 44.2 Å². The molecular weight excluding hydrogens is 262 g/mol. The third-order valence-corrected chi connectivity index (χ3v) is 5.64. The standard InChI is InChI=1S/C14H19NOS2/c1-9(18-17)12-8-10-4-2-6-15-7-3-5-11(13(10)15)14(12)16/h8-9,16-17H,2-7H2,1H3. The summed E-state index contributed by atoms with van der Waals surface area (Å²) in [6, 6.07) is 2.21. The second-order valence-electron chi connectivity index (χ2n) is 5.24. The van der Waals surface area contributed by atoms with Crippen LogP contribution in [-0.4, -0.2) is 18.2 Å². The lowest BCUT2D eigenvalue weighted by atomic mass is 9.88. The van der Waals surface area contributed by atoms with Crippen LogP contribution in [0.3, 0.4) is 0 Å². The van der Waals surface area contributed by atoms with Crippen LogP contribution >= 0.6 is 22.5 Å². The van der Waals surface area contributed by atoms with Gasteiger partial charge in [-0.3, -0.25) is 0 Å². The number of phenols is 1. The topological polar surface area (TPSA) is 23.5 Å². The van der Waals surface area contributed by atoms with Gasteiger partial charge in [-0.2, -0.15) is 0 Å². The minimum atomic E-state index is 0.243. The Morgan fingerprint density at radius 1 is 1.33 bits per heavy atom. The summed E-state index contributed by atoms with van der Waals surface area (Å²) in [7, 11) is 1.50. The average Bonchev–Trinajstić information content (AvgIpc) is 2.42. The molecule has 1 aromatic carbocycles. The van der Waals surface area contributed by atoms with Gasteiger partial charge in [-0.1, -0.05) is 10.8 Å². The molecule has 98 valence electrons. The van der Waals surface area contributed by atoms with Crippen LogP contribution in [0.5, 0.6) is 5.75 Å². The number of phenolic OH excluding ortho intramolecular Hbond substituents is 1. The van der Waals surface area contributed by atoms with Crippen molar-refractivity contribution in [2.75, 3.05) is 18.0 Å². The SMILES string of the molecule is CC(SS)c1cc2c3c(c1O)CCCN3CCC2. The number of rotatable bonds is 2. The zero-order valence-electron chi connectivity index (χ0n) is 10.6. The van der Waals surface area contributed by atoms with E-state index in [4.69, 9.17) is 0 Å². The summed E-state index contributed by atoms with van der Waals surface area (Å²) in [6.07, 6.45) is 4.56. The lowest BCUT2D eigenvalue weighted by molar-refractivity contribution is 0.455. The molecule has 18 heavy (non-hydrogen) atoms. The molecule has 0 aromatic heterocycles. The Balaban J connectivity index is 2.17. The second kappa shape index (κ2) is 4.89. The Labute approximate surface area is 118 Å². The molecule has 2 heterocycles. The second-order valence-corrected chi connectivity index (χ2v) is 6.79. The minimum absolute atomic E-state index is 0.243. The molecule has 2 aliphatic rings. The van der Waals surface area contributed by atoms with Crippen LogP contribution < -0.4 is 4.90 Å². The fraction of sp³-hybridized carbons (Fsp3) is 0.571. The lowest BCUT2D eigenvalue weighted by Crippen LogP contribution is -2.34. The number of benzene rings is 1. The molecule has 1 unspecified atom stereocenters. The predicted molar refractivity (Wildman–Crippen MR) is 82.0 cm³/mol. The van der Waals surface area contributed by atoms with Crippen molar-refractivity contribution in [3.05, 3.63) is 22.8 Å². The van der Waals surface area contributed by atoms with E-state index in [9.17, 15) is 5.11 Å². The summed E-state index contributed by atoms with van der Waals surface area (Å²) >= 11 is 4.29. The molecule has 0 bridgehead atoms. The van der Waals surface area contributed by atoms with E-state index in [0.717, 1.165) is 37.9 Å². The van der Waals surface area contributed by atoms with E-state index in [2.05, 4.69) is 29.6 Å². The van der Waals surface area contributed by atoms with Crippen LogP contribution in [0.2, 0.25) is 0 Å². The maximum Gasteiger partial charge on any atom is 0.125 e. The van der Waals surface area contributed by atoms with E-state index in [1.54, 1.807) is 0 Å². The normalized spacial score (nSPS) is 19.6. The maximum absolute atomic E-state index is 10.5. The van der Waals surface area contributed by atoms with Gasteiger partial charge in [0.1, 0.15) is 5.75 Å². The molecule has 0 radical (unpaired) electrons. The van der Waals surface area contributed by atoms with Gasteiger partial charge in [0.25, 0.3) is 0 Å². The Bertz CT molecular complexity index is 473. The Hall–Kier alpha value is -0.480. The van der Waals surface area contributed by atoms with Crippen molar-refractivity contribution >= 4 is 28.1 Å². The van der Waals surface area contributed by atoms with E-state index in [0.29, 0.717) is 5.75 Å². The van der Waals surface area contributed by atoms with Crippen molar-refractivity contribution < 1.29 is 5.11 Å². The fourth-order valence-electron chi connectivity index (χ4n) is 3.24. The van der Waals surface area contributed by atoms with Gasteiger partial charge >= 0.3 is 0 Å². The number of thiol groups is 1. The van der Waals surface area contributed by atoms with Crippen LogP contribution in [0.4, 0.5) is 5.69 Å². The predicted octanol–water partition coefficient (Wildman–Crippen LogP) is 3.73. The number of aromatic hydroxyl groups is 1. The van der Waals surface area contributed by atoms with Crippen molar-refractivity contribution in [2.45, 2.75) is 37.9 Å². The first-order chi connectivity index (χ1) is 8.72. The molecule has 0 aliphatic carbocycles. The summed E-state index contributed by atoms with van der Waals surface area (Å²) in [5, 5.41) is 10.8. The Morgan fingerprint density at radius 2 is 2.06 bits per heavy atom. The molecular formula is C14H19NOS2. The van der Waals surface area contributed by atoms with Crippen molar-refractivity contribution in [3.8, 4) is 5.75 Å². The summed E-state index contributed by atoms with van der Waals surface area (Å²) in [4.78, 5) is 2.46. The number of nitrogens with zero attached hydrogens (tertiary/aromatic N) is 1. The highest BCUT2D eigenvalue weighted by molar-refractivity contribution is 8.68. The molecule has 2 aliphatic heterocycles. The number of hydrogen-bond acceptors (Lipinski definition) is 4. The molecule has 1 aromatic rings. The van der Waals surface area contributed by atoms with Gasteiger partial charge in [0.2, 0.25) is 0 Å². The highest BCUT2D eigenvalue weighted by atomic mass is 33.1. The first-order valence-electron chi connectivity index (χ1n) is 6.65. The van der Waals surface area contributed by atoms with E-state index in [1.807, 2.05) is 0 Å². The molecule has 0 amide bonds. The summed E-state index contributed by atoms with van der Waals surface area (Å²) in [6.45, 7) is 4.40. The van der Waals surface area contributed by atoms with Gasteiger partial charge in [0.05, 0.1) is 0 Å². The third kappa shape index (κ3) is 1.90. The van der Waals surface area contributed by atoms with Crippen molar-refractivity contribution in [3.63, 3.8) is 0 Å². The monoisotopic (exact) mass is 281 g/mol. The minimum Gasteiger partial charge on any atom is -0.507 e. The zero-order chi connectivity index (χ0) is 12.7. The summed E-state index contributed by atoms with van der Waals surface area (Å²) < 4.78 is 0. The highest BCUT2D eigenvalue weighted by Gasteiger charge is 2.28. The van der Waals surface area contributed by atoms with Gasteiger partial charge < -0.3 is 10.0 Å². The molecule has 0 saturated heterocycles. The zero-order valence-corrected chi connectivity index (χ0v) is 12.4. The molecule has 4 heteroatoms. The van der Waals surface area contributed by atoms with Gasteiger partial charge in [0, 0.05) is 35.2 Å². The van der Waals surface area contributed by atoms with E-state index < -0.39 is 0 Å². The number of aryl methyl sites for hydroxylation is 1. The van der Waals surface area contributed by atoms with Crippen molar-refractivity contribution in [2.24, 2.45) is 0 Å². The maximum atomic E-state index is 10.5. The van der Waals surface area contributed by atoms with E-state index in [1.165, 1.54) is 34.0 Å². The fourth-order valence-corrected chi connectivity index (χ4v) is 3.87. The third-order valence-electron chi connectivity index (χ3n) is 4.12. The van der Waals surface area contributed by atoms with Crippen LogP contribution in [0, 0.1) is 0 Å². The summed E-state index contributed by atoms with van der Waals surface area (Å²) in [5.74, 6) is 0.523.